The van der Waals surface area contributed by atoms with Gasteiger partial charge in [0.15, 0.2) is 12.3 Å². The molecule has 1 unspecified atom stereocenters. The predicted octanol–water partition coefficient (Wildman–Crippen LogP) is 1.73. The Bertz CT molecular complexity index is 587. The first-order valence-corrected chi connectivity index (χ1v) is 6.51. The van der Waals surface area contributed by atoms with Gasteiger partial charge in [-0.2, -0.15) is 0 Å². The van der Waals surface area contributed by atoms with Crippen molar-refractivity contribution in [3.63, 3.8) is 0 Å². The Morgan fingerprint density at radius 2 is 2.25 bits per heavy atom. The van der Waals surface area contributed by atoms with Gasteiger partial charge in [0.05, 0.1) is 19.0 Å². The summed E-state index contributed by atoms with van der Waals surface area (Å²) in [5.74, 6) is 0.00546. The van der Waals surface area contributed by atoms with Crippen LogP contribution in [0.5, 0.6) is 0 Å². The molecule has 0 bridgehead atoms. The van der Waals surface area contributed by atoms with Gasteiger partial charge in [0.1, 0.15) is 12.4 Å². The SMILES string of the molecule is C[NH+](CC(=O)Nc1cc(Cl)ccc1F)Cc1ccco1. The number of anilines is 1. The number of hydrogen-bond donors (Lipinski definition) is 2. The van der Waals surface area contributed by atoms with Gasteiger partial charge in [-0.05, 0) is 30.3 Å². The molecule has 1 aromatic heterocycles. The fraction of sp³-hybridized carbons (Fsp3) is 0.214. The number of likely N-dealkylation sites (N-methyl/N-ethyl adjacent to an activating group) is 1. The lowest BCUT2D eigenvalue weighted by Gasteiger charge is -2.12. The number of nitrogens with one attached hydrogen (secondary N) is 2. The lowest BCUT2D eigenvalue weighted by molar-refractivity contribution is -0.886. The van der Waals surface area contributed by atoms with Crippen LogP contribution < -0.4 is 10.2 Å². The Kier molecular flexibility index (Phi) is 4.76. The third-order valence-electron chi connectivity index (χ3n) is 2.72. The Labute approximate surface area is 121 Å². The molecule has 1 amide bonds. The summed E-state index contributed by atoms with van der Waals surface area (Å²) in [5.41, 5.74) is 0.0910. The minimum absolute atomic E-state index is 0.0910. The van der Waals surface area contributed by atoms with Crippen LogP contribution in [-0.4, -0.2) is 19.5 Å². The van der Waals surface area contributed by atoms with Crippen molar-refractivity contribution in [2.24, 2.45) is 0 Å². The molecule has 1 aromatic carbocycles. The van der Waals surface area contributed by atoms with Crippen molar-refractivity contribution in [2.45, 2.75) is 6.54 Å². The first kappa shape index (κ1) is 14.6. The number of carbonyl (C=O) groups is 1. The highest BCUT2D eigenvalue weighted by Gasteiger charge is 2.14. The first-order valence-electron chi connectivity index (χ1n) is 6.13. The van der Waals surface area contributed by atoms with Crippen LogP contribution in [0.4, 0.5) is 10.1 Å². The predicted molar refractivity (Wildman–Crippen MR) is 74.2 cm³/mol. The normalized spacial score (nSPS) is 12.2. The Morgan fingerprint density at radius 1 is 1.45 bits per heavy atom. The maximum atomic E-state index is 13.5. The topological polar surface area (TPSA) is 46.7 Å². The number of furan rings is 1. The summed E-state index contributed by atoms with van der Waals surface area (Å²) in [6.07, 6.45) is 1.59. The third-order valence-corrected chi connectivity index (χ3v) is 2.96. The van der Waals surface area contributed by atoms with Crippen molar-refractivity contribution in [1.29, 1.82) is 0 Å². The highest BCUT2D eigenvalue weighted by Crippen LogP contribution is 2.19. The van der Waals surface area contributed by atoms with E-state index in [4.69, 9.17) is 16.0 Å². The van der Waals surface area contributed by atoms with E-state index in [9.17, 15) is 9.18 Å². The van der Waals surface area contributed by atoms with Crippen molar-refractivity contribution < 1.29 is 18.5 Å². The van der Waals surface area contributed by atoms with E-state index in [0.29, 0.717) is 11.6 Å². The molecule has 1 heterocycles. The number of benzene rings is 1. The van der Waals surface area contributed by atoms with Crippen LogP contribution in [-0.2, 0) is 11.3 Å². The summed E-state index contributed by atoms with van der Waals surface area (Å²) in [6.45, 7) is 0.783. The molecule has 0 aliphatic carbocycles. The average Bonchev–Trinajstić information content (AvgIpc) is 2.86. The number of rotatable bonds is 5. The van der Waals surface area contributed by atoms with E-state index in [1.165, 1.54) is 18.2 Å². The number of hydrogen-bond acceptors (Lipinski definition) is 2. The molecule has 20 heavy (non-hydrogen) atoms. The summed E-state index contributed by atoms with van der Waals surface area (Å²) < 4.78 is 18.7. The van der Waals surface area contributed by atoms with E-state index in [-0.39, 0.29) is 18.1 Å². The van der Waals surface area contributed by atoms with Gasteiger partial charge in [-0.3, -0.25) is 4.79 Å². The molecule has 6 heteroatoms. The molecule has 1 atom stereocenters. The van der Waals surface area contributed by atoms with Crippen LogP contribution in [0.15, 0.2) is 41.0 Å². The molecule has 0 saturated heterocycles. The highest BCUT2D eigenvalue weighted by molar-refractivity contribution is 6.30. The second-order valence-corrected chi connectivity index (χ2v) is 5.00. The van der Waals surface area contributed by atoms with E-state index in [0.717, 1.165) is 10.7 Å². The van der Waals surface area contributed by atoms with Gasteiger partial charge < -0.3 is 14.6 Å². The van der Waals surface area contributed by atoms with Gasteiger partial charge in [-0.15, -0.1) is 0 Å². The van der Waals surface area contributed by atoms with Crippen LogP contribution >= 0.6 is 11.6 Å². The molecular formula is C14H15ClFN2O2+. The molecule has 0 radical (unpaired) electrons. The van der Waals surface area contributed by atoms with Crippen LogP contribution in [0.3, 0.4) is 0 Å². The quantitative estimate of drug-likeness (QED) is 0.883. The number of halogens is 2. The Balaban J connectivity index is 1.90. The van der Waals surface area contributed by atoms with Crippen molar-refractivity contribution in [2.75, 3.05) is 18.9 Å². The lowest BCUT2D eigenvalue weighted by atomic mass is 10.3. The fourth-order valence-corrected chi connectivity index (χ4v) is 2.01. The zero-order chi connectivity index (χ0) is 14.5. The summed E-state index contributed by atoms with van der Waals surface area (Å²) >= 11 is 5.77. The molecule has 0 aliphatic heterocycles. The summed E-state index contributed by atoms with van der Waals surface area (Å²) in [6, 6.07) is 7.68. The Hall–Kier alpha value is -1.85. The molecule has 2 N–H and O–H groups in total. The van der Waals surface area contributed by atoms with E-state index < -0.39 is 5.82 Å². The minimum Gasteiger partial charge on any atom is -0.463 e. The van der Waals surface area contributed by atoms with Gasteiger partial charge in [0.2, 0.25) is 0 Å². The van der Waals surface area contributed by atoms with Gasteiger partial charge in [0, 0.05) is 5.02 Å². The van der Waals surface area contributed by atoms with Gasteiger partial charge in [-0.25, -0.2) is 4.39 Å². The zero-order valence-corrected chi connectivity index (χ0v) is 11.7. The molecule has 4 nitrogen and oxygen atoms in total. The smallest absolute Gasteiger partial charge is 0.279 e. The number of amides is 1. The molecule has 2 rings (SSSR count). The standard InChI is InChI=1S/C14H14ClFN2O2/c1-18(8-11-3-2-6-20-11)9-14(19)17-13-7-10(15)4-5-12(13)16/h2-7H,8-9H2,1H3,(H,17,19)/p+1. The van der Waals surface area contributed by atoms with Crippen molar-refractivity contribution >= 4 is 23.2 Å². The summed E-state index contributed by atoms with van der Waals surface area (Å²) in [5, 5.41) is 2.88. The van der Waals surface area contributed by atoms with Crippen LogP contribution in [0, 0.1) is 5.82 Å². The van der Waals surface area contributed by atoms with Crippen molar-refractivity contribution in [3.05, 3.63) is 53.2 Å². The summed E-state index contributed by atoms with van der Waals surface area (Å²) in [4.78, 5) is 12.8. The second kappa shape index (κ2) is 6.54. The van der Waals surface area contributed by atoms with Crippen LogP contribution in [0.2, 0.25) is 5.02 Å². The Morgan fingerprint density at radius 3 is 2.95 bits per heavy atom. The van der Waals surface area contributed by atoms with Crippen LogP contribution in [0.1, 0.15) is 5.76 Å². The zero-order valence-electron chi connectivity index (χ0n) is 11.0. The lowest BCUT2D eigenvalue weighted by Crippen LogP contribution is -3.08. The van der Waals surface area contributed by atoms with Gasteiger partial charge in [-0.1, -0.05) is 11.6 Å². The largest absolute Gasteiger partial charge is 0.463 e. The molecule has 0 aliphatic rings. The first-order chi connectivity index (χ1) is 9.54. The van der Waals surface area contributed by atoms with E-state index in [2.05, 4.69) is 5.32 Å². The van der Waals surface area contributed by atoms with E-state index in [1.54, 1.807) is 12.3 Å². The monoisotopic (exact) mass is 297 g/mol. The maximum absolute atomic E-state index is 13.5. The molecular weight excluding hydrogens is 283 g/mol. The fourth-order valence-electron chi connectivity index (χ4n) is 1.83. The second-order valence-electron chi connectivity index (χ2n) is 4.56. The van der Waals surface area contributed by atoms with Crippen molar-refractivity contribution in [1.82, 2.24) is 0 Å². The molecule has 106 valence electrons. The van der Waals surface area contributed by atoms with Crippen molar-refractivity contribution in [3.8, 4) is 0 Å². The molecule has 0 spiro atoms. The number of carbonyl (C=O) groups excluding carboxylic acids is 1. The molecule has 0 fully saturated rings. The number of quaternary nitrogens is 1. The van der Waals surface area contributed by atoms with E-state index >= 15 is 0 Å². The van der Waals surface area contributed by atoms with Gasteiger partial charge in [0.25, 0.3) is 5.91 Å². The average molecular weight is 298 g/mol. The minimum atomic E-state index is -0.508. The summed E-state index contributed by atoms with van der Waals surface area (Å²) in [7, 11) is 1.86. The third kappa shape index (κ3) is 4.08. The molecule has 2 aromatic rings. The van der Waals surface area contributed by atoms with E-state index in [1.807, 2.05) is 13.1 Å². The molecule has 0 saturated carbocycles. The highest BCUT2D eigenvalue weighted by atomic mass is 35.5. The van der Waals surface area contributed by atoms with Crippen LogP contribution in [0.25, 0.3) is 0 Å². The van der Waals surface area contributed by atoms with Gasteiger partial charge >= 0.3 is 0 Å². The maximum Gasteiger partial charge on any atom is 0.279 e.